The number of benzene rings is 3. The van der Waals surface area contributed by atoms with E-state index in [-0.39, 0.29) is 60.2 Å². The average Bonchev–Trinajstić information content (AvgIpc) is 3.56. The predicted molar refractivity (Wildman–Crippen MR) is 264 cm³/mol. The zero-order chi connectivity index (χ0) is 58.3. The highest BCUT2D eigenvalue weighted by atomic mass is 35.5. The molecule has 3 heterocycles. The van der Waals surface area contributed by atoms with Crippen LogP contribution in [0.5, 0.6) is 5.75 Å². The predicted octanol–water partition coefficient (Wildman–Crippen LogP) is 9.05. The molecule has 424 valence electrons. The van der Waals surface area contributed by atoms with E-state index in [9.17, 15) is 66.1 Å². The molecule has 0 unspecified atom stereocenters. The lowest BCUT2D eigenvalue weighted by Crippen LogP contribution is -2.38. The Morgan fingerprint density at radius 2 is 1.52 bits per heavy atom. The van der Waals surface area contributed by atoms with Gasteiger partial charge in [-0.15, -0.1) is 0 Å². The molecule has 79 heavy (non-hydrogen) atoms. The van der Waals surface area contributed by atoms with Crippen LogP contribution in [0, 0.1) is 17.6 Å². The number of fused-ring (bicyclic) bond motifs is 4. The van der Waals surface area contributed by atoms with Gasteiger partial charge in [0.05, 0.1) is 51.0 Å². The lowest BCUT2D eigenvalue weighted by molar-refractivity contribution is -0.143. The number of aryl methyl sites for hydroxylation is 1. The fraction of sp³-hybridized carbons (Fsp3) is 0.354. The smallest absolute Gasteiger partial charge is 0.404 e. The summed E-state index contributed by atoms with van der Waals surface area (Å²) in [4.78, 5) is 51.5. The molecule has 2 aliphatic carbocycles. The Labute approximate surface area is 447 Å². The molecule has 3 aromatic carbocycles. The van der Waals surface area contributed by atoms with E-state index in [4.69, 9.17) is 26.4 Å². The molecule has 17 nitrogen and oxygen atoms in total. The van der Waals surface area contributed by atoms with Gasteiger partial charge in [-0.3, -0.25) is 33.7 Å². The van der Waals surface area contributed by atoms with Crippen LogP contribution in [0.15, 0.2) is 78.9 Å². The number of hydrogen-bond donors (Lipinski definition) is 3. The number of rotatable bonds is 18. The van der Waals surface area contributed by atoms with Crippen molar-refractivity contribution in [3.8, 4) is 16.9 Å². The van der Waals surface area contributed by atoms with Crippen molar-refractivity contribution in [1.82, 2.24) is 29.9 Å². The van der Waals surface area contributed by atoms with Crippen molar-refractivity contribution < 1.29 is 89.2 Å². The van der Waals surface area contributed by atoms with E-state index >= 15 is 8.78 Å². The van der Waals surface area contributed by atoms with Crippen LogP contribution in [0.25, 0.3) is 22.0 Å². The number of sulfone groups is 1. The van der Waals surface area contributed by atoms with E-state index in [1.54, 1.807) is 0 Å². The lowest BCUT2D eigenvalue weighted by Gasteiger charge is -2.28. The van der Waals surface area contributed by atoms with Gasteiger partial charge in [-0.1, -0.05) is 48.0 Å². The summed E-state index contributed by atoms with van der Waals surface area (Å²) in [7, 11) is -13.7. The third kappa shape index (κ3) is 12.4. The molecule has 0 bridgehead atoms. The van der Waals surface area contributed by atoms with Crippen molar-refractivity contribution >= 4 is 67.8 Å². The molecular formula is C48H43ClF10N7O10PS2. The van der Waals surface area contributed by atoms with Crippen molar-refractivity contribution in [2.75, 3.05) is 16.8 Å². The van der Waals surface area contributed by atoms with Gasteiger partial charge in [-0.25, -0.2) is 30.2 Å². The van der Waals surface area contributed by atoms with E-state index in [1.165, 1.54) is 26.0 Å². The Hall–Kier alpha value is -6.39. The minimum Gasteiger partial charge on any atom is -0.404 e. The van der Waals surface area contributed by atoms with Gasteiger partial charge in [-0.2, -0.15) is 49.6 Å². The van der Waals surface area contributed by atoms with Gasteiger partial charge in [0.25, 0.3) is 5.92 Å². The maximum atomic E-state index is 15.9. The number of allylic oxidation sites excluding steroid dienone is 2. The number of pyridine rings is 1. The highest BCUT2D eigenvalue weighted by Gasteiger charge is 2.61. The molecular weight excluding hydrogens is 1160 g/mol. The number of carbonyl (C=O) groups is 2. The number of carbonyl (C=O) groups excluding carboxylic acids is 2. The summed E-state index contributed by atoms with van der Waals surface area (Å²) < 4.78 is 217. The van der Waals surface area contributed by atoms with Crippen molar-refractivity contribution in [2.45, 2.75) is 87.6 Å². The number of aromatic nitrogens is 5. The van der Waals surface area contributed by atoms with Crippen LogP contribution in [-0.2, 0) is 78.5 Å². The number of hydrogen-bond acceptors (Lipinski definition) is 11. The minimum atomic E-state index is -5.27. The number of alkyl halides is 8. The largest absolute Gasteiger partial charge is 0.524 e. The molecule has 0 saturated heterocycles. The van der Waals surface area contributed by atoms with Crippen LogP contribution in [0.4, 0.5) is 49.7 Å². The SMILES string of the molecule is CC(C)(CCc1ccc(-c2ccc(Cl)c3c(N(C(=O)Cc4ccc(OP(=O)(O)O)cc4)S(C)(=O)=O)nn(CC(F)(F)F)c23)c([C@H](Cc2cc(F)cc(F)c2)NC(=O)Cn2nc(C(F)(F)F)c3c2C(F)(F)[C@@H]2C=C[C@H]32)n1)S(C)(=O)=O. The second-order valence-corrected chi connectivity index (χ2v) is 25.5. The van der Waals surface area contributed by atoms with Gasteiger partial charge in [0.1, 0.15) is 36.2 Å². The number of anilines is 1. The standard InChI is InChI=1S/C48H43ClF10N7O10PS2/c1-45(2,78(3,72)73)16-15-28-7-10-30(31-12-14-34(49)39-41(31)65(23-46(52,53)54)63-44(39)66(79(4,74)75)37(68)20-24-5-8-29(9-6-24)76-77(69,70)71)40(60-28)35(19-25-17-26(50)21-27(51)18-25)61-36(67)22-64-43-38(42(62-64)48(57,58)59)32-11-13-33(32)47(43,55)56/h5-14,17-18,21,32-33,35H,15-16,19-20,22-23H2,1-4H3,(H,61,67)(H2,69,70,71)/t32-,33+,35-/m0/s1. The molecule has 3 atom stereocenters. The fourth-order valence-electron chi connectivity index (χ4n) is 9.32. The number of halogens is 11. The quantitative estimate of drug-likeness (QED) is 0.0415. The topological polar surface area (TPSA) is 233 Å². The van der Waals surface area contributed by atoms with Gasteiger partial charge in [0.15, 0.2) is 21.3 Å². The van der Waals surface area contributed by atoms with Crippen LogP contribution in [0.1, 0.15) is 71.7 Å². The molecule has 0 radical (unpaired) electrons. The molecule has 2 aliphatic rings. The normalized spacial score (nSPS) is 16.8. The second-order valence-electron chi connectivity index (χ2n) is 19.4. The summed E-state index contributed by atoms with van der Waals surface area (Å²) in [6, 6.07) is 9.32. The molecule has 8 rings (SSSR count). The first-order chi connectivity index (χ1) is 36.3. The van der Waals surface area contributed by atoms with Gasteiger partial charge < -0.3 is 9.84 Å². The average molecular weight is 1200 g/mol. The van der Waals surface area contributed by atoms with Crippen LogP contribution >= 0.6 is 19.4 Å². The van der Waals surface area contributed by atoms with Crippen molar-refractivity contribution in [2.24, 2.45) is 5.92 Å². The Bertz CT molecular complexity index is 3740. The number of phosphoric acid groups is 1. The molecule has 6 aromatic rings. The van der Waals surface area contributed by atoms with E-state index < -0.39 is 162 Å². The van der Waals surface area contributed by atoms with Crippen molar-refractivity contribution in [3.05, 3.63) is 135 Å². The fourth-order valence-corrected chi connectivity index (χ4v) is 11.3. The van der Waals surface area contributed by atoms with Crippen molar-refractivity contribution in [3.63, 3.8) is 0 Å². The summed E-state index contributed by atoms with van der Waals surface area (Å²) in [5, 5.41) is 8.73. The van der Waals surface area contributed by atoms with Gasteiger partial charge in [0.2, 0.25) is 21.8 Å². The summed E-state index contributed by atoms with van der Waals surface area (Å²) >= 11 is 6.70. The zero-order valence-corrected chi connectivity index (χ0v) is 44.5. The van der Waals surface area contributed by atoms with Gasteiger partial charge >= 0.3 is 20.2 Å². The molecule has 31 heteroatoms. The third-order valence-corrected chi connectivity index (χ3v) is 17.2. The first kappa shape index (κ1) is 58.8. The van der Waals surface area contributed by atoms with Gasteiger partial charge in [0, 0.05) is 40.6 Å². The molecule has 0 aliphatic heterocycles. The number of nitrogens with zero attached hydrogens (tertiary/aromatic N) is 6. The maximum absolute atomic E-state index is 15.9. The summed E-state index contributed by atoms with van der Waals surface area (Å²) in [5.41, 5.74) is -5.68. The third-order valence-electron chi connectivity index (χ3n) is 13.2. The van der Waals surface area contributed by atoms with E-state index in [0.717, 1.165) is 66.9 Å². The van der Waals surface area contributed by atoms with Gasteiger partial charge in [-0.05, 0) is 80.6 Å². The van der Waals surface area contributed by atoms with Crippen molar-refractivity contribution in [1.29, 1.82) is 0 Å². The second kappa shape index (κ2) is 20.6. The number of nitrogens with one attached hydrogen (secondary N) is 1. The Kier molecular flexibility index (Phi) is 15.3. The molecule has 3 N–H and O–H groups in total. The summed E-state index contributed by atoms with van der Waals surface area (Å²) in [5.74, 6) is -13.4. The number of phosphoric ester groups is 1. The Morgan fingerprint density at radius 3 is 2.08 bits per heavy atom. The number of amides is 2. The van der Waals surface area contributed by atoms with E-state index in [0.29, 0.717) is 12.3 Å². The molecule has 0 saturated carbocycles. The summed E-state index contributed by atoms with van der Waals surface area (Å²) in [6.07, 6.45) is -8.70. The monoisotopic (exact) mass is 1200 g/mol. The van der Waals surface area contributed by atoms with Crippen LogP contribution in [0.3, 0.4) is 0 Å². The molecule has 0 spiro atoms. The van der Waals surface area contributed by atoms with Crippen LogP contribution in [0.2, 0.25) is 5.02 Å². The molecule has 2 amide bonds. The zero-order valence-electron chi connectivity index (χ0n) is 41.2. The minimum absolute atomic E-state index is 0.0000818. The van der Waals surface area contributed by atoms with E-state index in [1.807, 2.05) is 0 Å². The summed E-state index contributed by atoms with van der Waals surface area (Å²) in [6.45, 7) is -0.554. The highest BCUT2D eigenvalue weighted by molar-refractivity contribution is 7.93. The Morgan fingerprint density at radius 1 is 0.886 bits per heavy atom. The lowest BCUT2D eigenvalue weighted by atomic mass is 9.81. The highest BCUT2D eigenvalue weighted by Crippen LogP contribution is 2.60. The van der Waals surface area contributed by atoms with E-state index in [2.05, 4.69) is 20.0 Å². The first-order valence-corrected chi connectivity index (χ1v) is 28.8. The molecule has 0 fully saturated rings. The van der Waals surface area contributed by atoms with Crippen LogP contribution < -0.4 is 14.1 Å². The first-order valence-electron chi connectivity index (χ1n) is 23.1. The van der Waals surface area contributed by atoms with Crippen LogP contribution in [-0.4, -0.2) is 86.4 Å². The molecule has 3 aromatic heterocycles. The number of sulfonamides is 1. The maximum Gasteiger partial charge on any atom is 0.524 e. The Balaban J connectivity index is 1.32.